The van der Waals surface area contributed by atoms with E-state index in [9.17, 15) is 4.79 Å². The Morgan fingerprint density at radius 3 is 2.16 bits per heavy atom. The lowest BCUT2D eigenvalue weighted by Crippen LogP contribution is -2.38. The van der Waals surface area contributed by atoms with Gasteiger partial charge in [-0.1, -0.05) is 66.3 Å². The Morgan fingerprint density at radius 1 is 0.935 bits per heavy atom. The maximum Gasteiger partial charge on any atom is 0.407 e. The summed E-state index contributed by atoms with van der Waals surface area (Å²) < 4.78 is 9.92. The third-order valence-corrected chi connectivity index (χ3v) is 5.93. The Morgan fingerprint density at radius 2 is 1.55 bits per heavy atom. The van der Waals surface area contributed by atoms with Gasteiger partial charge < -0.3 is 19.7 Å². The molecule has 0 radical (unpaired) electrons. The van der Waals surface area contributed by atoms with Crippen molar-refractivity contribution in [1.82, 2.24) is 10.2 Å². The van der Waals surface area contributed by atoms with Gasteiger partial charge in [0.2, 0.25) is 0 Å². The van der Waals surface area contributed by atoms with E-state index in [0.717, 1.165) is 32.5 Å². The van der Waals surface area contributed by atoms with E-state index in [2.05, 4.69) is 70.9 Å². The number of carbonyl (C=O) groups is 1. The van der Waals surface area contributed by atoms with Crippen LogP contribution in [0.1, 0.15) is 35.1 Å². The highest BCUT2D eigenvalue weighted by molar-refractivity contribution is 5.94. The van der Waals surface area contributed by atoms with Crippen molar-refractivity contribution in [3.05, 3.63) is 76.4 Å². The van der Waals surface area contributed by atoms with Gasteiger partial charge in [-0.05, 0) is 40.7 Å². The van der Waals surface area contributed by atoms with Crippen LogP contribution < -0.4 is 5.32 Å². The van der Waals surface area contributed by atoms with Gasteiger partial charge in [-0.3, -0.25) is 0 Å². The zero-order chi connectivity index (χ0) is 21.5. The number of piperidine rings is 1. The van der Waals surface area contributed by atoms with E-state index in [4.69, 9.17) is 9.47 Å². The molecule has 4 rings (SSSR count). The SMILES string of the molecule is COCCOC(=O)NCCN1CCC(=C2c3ccccc3C=Cc3ccccc32)CC1. The minimum Gasteiger partial charge on any atom is -0.447 e. The highest BCUT2D eigenvalue weighted by Crippen LogP contribution is 2.38. The van der Waals surface area contributed by atoms with Gasteiger partial charge in [0.15, 0.2) is 0 Å². The van der Waals surface area contributed by atoms with Gasteiger partial charge in [0, 0.05) is 33.3 Å². The molecular formula is C26H30N2O3. The molecule has 2 aromatic carbocycles. The average Bonchev–Trinajstić information content (AvgIpc) is 2.97. The zero-order valence-electron chi connectivity index (χ0n) is 18.1. The summed E-state index contributed by atoms with van der Waals surface area (Å²) >= 11 is 0. The predicted octanol–water partition coefficient (Wildman–Crippen LogP) is 4.44. The van der Waals surface area contributed by atoms with E-state index in [1.54, 1.807) is 7.11 Å². The maximum atomic E-state index is 11.7. The lowest BCUT2D eigenvalue weighted by atomic mass is 9.86. The minimum absolute atomic E-state index is 0.279. The number of benzene rings is 2. The van der Waals surface area contributed by atoms with Crippen LogP contribution in [0.5, 0.6) is 0 Å². The van der Waals surface area contributed by atoms with Crippen molar-refractivity contribution in [3.8, 4) is 0 Å². The first-order chi connectivity index (χ1) is 15.3. The van der Waals surface area contributed by atoms with Gasteiger partial charge in [-0.25, -0.2) is 4.79 Å². The van der Waals surface area contributed by atoms with Crippen LogP contribution >= 0.6 is 0 Å². The normalized spacial score (nSPS) is 15.8. The van der Waals surface area contributed by atoms with Crippen molar-refractivity contribution < 1.29 is 14.3 Å². The number of carbonyl (C=O) groups excluding carboxylic acids is 1. The van der Waals surface area contributed by atoms with E-state index < -0.39 is 0 Å². The molecule has 1 heterocycles. The topological polar surface area (TPSA) is 50.8 Å². The summed E-state index contributed by atoms with van der Waals surface area (Å²) in [5.74, 6) is 0. The van der Waals surface area contributed by atoms with Crippen LogP contribution in [0.3, 0.4) is 0 Å². The summed E-state index contributed by atoms with van der Waals surface area (Å²) in [5, 5.41) is 2.82. The molecule has 2 aromatic rings. The molecule has 0 saturated carbocycles. The first-order valence-corrected chi connectivity index (χ1v) is 11.0. The molecule has 5 heteroatoms. The molecular weight excluding hydrogens is 388 g/mol. The largest absolute Gasteiger partial charge is 0.447 e. The van der Waals surface area contributed by atoms with E-state index in [0.29, 0.717) is 13.2 Å². The third-order valence-electron chi connectivity index (χ3n) is 5.93. The maximum absolute atomic E-state index is 11.7. The van der Waals surface area contributed by atoms with E-state index in [-0.39, 0.29) is 12.7 Å². The highest BCUT2D eigenvalue weighted by Gasteiger charge is 2.22. The van der Waals surface area contributed by atoms with Gasteiger partial charge in [0.25, 0.3) is 0 Å². The second-order valence-corrected chi connectivity index (χ2v) is 7.88. The number of likely N-dealkylation sites (tertiary alicyclic amines) is 1. The summed E-state index contributed by atoms with van der Waals surface area (Å²) in [6.45, 7) is 4.11. The van der Waals surface area contributed by atoms with Crippen LogP contribution in [0.4, 0.5) is 4.79 Å². The zero-order valence-corrected chi connectivity index (χ0v) is 18.1. The van der Waals surface area contributed by atoms with Crippen LogP contribution in [0, 0.1) is 0 Å². The monoisotopic (exact) mass is 418 g/mol. The van der Waals surface area contributed by atoms with E-state index in [1.807, 2.05) is 0 Å². The molecule has 0 bridgehead atoms. The number of fused-ring (bicyclic) bond motifs is 2. The number of methoxy groups -OCH3 is 1. The third kappa shape index (κ3) is 5.24. The average molecular weight is 419 g/mol. The fraction of sp³-hybridized carbons (Fsp3) is 0.346. The number of nitrogens with zero attached hydrogens (tertiary/aromatic N) is 1. The summed E-state index contributed by atoms with van der Waals surface area (Å²) in [5.41, 5.74) is 8.13. The Kier molecular flexibility index (Phi) is 7.18. The number of ether oxygens (including phenoxy) is 2. The summed E-state index contributed by atoms with van der Waals surface area (Å²) in [7, 11) is 1.59. The number of nitrogens with one attached hydrogen (secondary N) is 1. The van der Waals surface area contributed by atoms with Crippen LogP contribution in [0.15, 0.2) is 54.1 Å². The fourth-order valence-corrected chi connectivity index (χ4v) is 4.33. The molecule has 1 amide bonds. The smallest absolute Gasteiger partial charge is 0.407 e. The highest BCUT2D eigenvalue weighted by atomic mass is 16.6. The Balaban J connectivity index is 1.43. The van der Waals surface area contributed by atoms with Crippen LogP contribution in [0.25, 0.3) is 17.7 Å². The number of alkyl carbamates (subject to hydrolysis) is 1. The molecule has 5 nitrogen and oxygen atoms in total. The molecule has 0 aromatic heterocycles. The second kappa shape index (κ2) is 10.4. The molecule has 162 valence electrons. The van der Waals surface area contributed by atoms with Crippen molar-refractivity contribution in [2.24, 2.45) is 0 Å². The molecule has 1 aliphatic heterocycles. The Hall–Kier alpha value is -2.89. The van der Waals surface area contributed by atoms with Gasteiger partial charge in [-0.15, -0.1) is 0 Å². The molecule has 31 heavy (non-hydrogen) atoms. The summed E-state index contributed by atoms with van der Waals surface area (Å²) in [6.07, 6.45) is 6.16. The standard InChI is InChI=1S/C26H30N2O3/c1-30-18-19-31-26(29)27-14-17-28-15-12-22(13-16-28)25-23-8-4-2-6-20(23)10-11-21-7-3-5-9-24(21)25/h2-11H,12-19H2,1H3,(H,27,29). The quantitative estimate of drug-likeness (QED) is 0.602. The number of hydrogen-bond donors (Lipinski definition) is 1. The fourth-order valence-electron chi connectivity index (χ4n) is 4.33. The number of rotatable bonds is 6. The Bertz CT molecular complexity index is 919. The number of amides is 1. The predicted molar refractivity (Wildman–Crippen MR) is 125 cm³/mol. The van der Waals surface area contributed by atoms with Crippen molar-refractivity contribution >= 4 is 23.8 Å². The van der Waals surface area contributed by atoms with Crippen molar-refractivity contribution in [1.29, 1.82) is 0 Å². The summed E-state index contributed by atoms with van der Waals surface area (Å²) in [6, 6.07) is 17.4. The minimum atomic E-state index is -0.379. The van der Waals surface area contributed by atoms with Gasteiger partial charge in [0.05, 0.1) is 6.61 Å². The van der Waals surface area contributed by atoms with E-state index >= 15 is 0 Å². The van der Waals surface area contributed by atoms with Crippen molar-refractivity contribution in [3.63, 3.8) is 0 Å². The van der Waals surface area contributed by atoms with Crippen molar-refractivity contribution in [2.45, 2.75) is 12.8 Å². The molecule has 0 unspecified atom stereocenters. The van der Waals surface area contributed by atoms with Gasteiger partial charge in [-0.2, -0.15) is 0 Å². The first kappa shape index (κ1) is 21.3. The lowest BCUT2D eigenvalue weighted by Gasteiger charge is -2.30. The molecule has 2 aliphatic rings. The molecule has 1 fully saturated rings. The van der Waals surface area contributed by atoms with Crippen LogP contribution in [-0.4, -0.2) is 57.5 Å². The first-order valence-electron chi connectivity index (χ1n) is 11.0. The molecule has 1 saturated heterocycles. The molecule has 0 atom stereocenters. The van der Waals surface area contributed by atoms with Gasteiger partial charge >= 0.3 is 6.09 Å². The molecule has 1 aliphatic carbocycles. The van der Waals surface area contributed by atoms with Crippen LogP contribution in [0.2, 0.25) is 0 Å². The second-order valence-electron chi connectivity index (χ2n) is 7.88. The van der Waals surface area contributed by atoms with Gasteiger partial charge in [0.1, 0.15) is 6.61 Å². The Labute approximate surface area is 184 Å². The summed E-state index contributed by atoms with van der Waals surface area (Å²) in [4.78, 5) is 14.1. The van der Waals surface area contributed by atoms with E-state index in [1.165, 1.54) is 33.4 Å². The van der Waals surface area contributed by atoms with Crippen LogP contribution in [-0.2, 0) is 9.47 Å². The van der Waals surface area contributed by atoms with Crippen molar-refractivity contribution in [2.75, 3.05) is 46.5 Å². The molecule has 1 N–H and O–H groups in total. The number of hydrogen-bond acceptors (Lipinski definition) is 4. The molecule has 0 spiro atoms. The lowest BCUT2D eigenvalue weighted by molar-refractivity contribution is 0.0978.